The number of nitro benzene ring substituents is 1. The molecule has 1 aromatic carbocycles. The van der Waals surface area contributed by atoms with Gasteiger partial charge in [0, 0.05) is 31.6 Å². The molecule has 0 unspecified atom stereocenters. The highest BCUT2D eigenvalue weighted by molar-refractivity contribution is 5.64. The first-order valence-corrected chi connectivity index (χ1v) is 4.35. The number of anilines is 1. The summed E-state index contributed by atoms with van der Waals surface area (Å²) in [5.41, 5.74) is -0.0116. The van der Waals surface area contributed by atoms with E-state index in [0.717, 1.165) is 18.2 Å². The summed E-state index contributed by atoms with van der Waals surface area (Å²) in [7, 11) is 1.56. The Balaban J connectivity index is 3.18. The third-order valence-corrected chi connectivity index (χ3v) is 1.91. The minimum absolute atomic E-state index is 0.157. The summed E-state index contributed by atoms with van der Waals surface area (Å²) in [4.78, 5) is 15.0. The van der Waals surface area contributed by atoms with E-state index in [-0.39, 0.29) is 11.4 Å². The van der Waals surface area contributed by atoms with Crippen molar-refractivity contribution in [1.29, 1.82) is 0 Å². The van der Waals surface area contributed by atoms with Gasteiger partial charge in [-0.3, -0.25) is 15.1 Å². The molecule has 0 bridgehead atoms. The van der Waals surface area contributed by atoms with Crippen LogP contribution in [0.2, 0.25) is 0 Å². The first-order valence-electron chi connectivity index (χ1n) is 4.35. The van der Waals surface area contributed by atoms with Crippen LogP contribution in [0.1, 0.15) is 0 Å². The first-order chi connectivity index (χ1) is 7.56. The summed E-state index contributed by atoms with van der Waals surface area (Å²) in [5, 5.41) is 10.7. The number of aliphatic imine (C=N–C) groups is 1. The maximum absolute atomic E-state index is 13.0. The molecular formula is C10H10FN3O2. The second kappa shape index (κ2) is 5.01. The summed E-state index contributed by atoms with van der Waals surface area (Å²) >= 11 is 0. The molecule has 0 atom stereocenters. The number of nitro groups is 1. The van der Waals surface area contributed by atoms with Crippen molar-refractivity contribution >= 4 is 18.1 Å². The van der Waals surface area contributed by atoms with E-state index in [9.17, 15) is 14.5 Å². The van der Waals surface area contributed by atoms with Crippen molar-refractivity contribution in [3.05, 3.63) is 46.5 Å². The number of nitrogens with zero attached hydrogens (tertiary/aromatic N) is 3. The molecule has 0 amide bonds. The molecule has 0 aliphatic carbocycles. The lowest BCUT2D eigenvalue weighted by molar-refractivity contribution is -0.384. The third kappa shape index (κ3) is 2.63. The predicted octanol–water partition coefficient (Wildman–Crippen LogP) is 2.34. The van der Waals surface area contributed by atoms with E-state index in [2.05, 4.69) is 11.7 Å². The number of benzene rings is 1. The summed E-state index contributed by atoms with van der Waals surface area (Å²) in [6.45, 7) is 3.23. The zero-order valence-corrected chi connectivity index (χ0v) is 8.63. The average molecular weight is 223 g/mol. The van der Waals surface area contributed by atoms with Crippen LogP contribution in [0, 0.1) is 15.9 Å². The second-order valence-electron chi connectivity index (χ2n) is 2.98. The van der Waals surface area contributed by atoms with E-state index in [0.29, 0.717) is 0 Å². The zero-order chi connectivity index (χ0) is 12.1. The summed E-state index contributed by atoms with van der Waals surface area (Å²) in [5.74, 6) is -0.535. The largest absolute Gasteiger partial charge is 0.344 e. The summed E-state index contributed by atoms with van der Waals surface area (Å²) < 4.78 is 13.0. The number of hydrogen-bond donors (Lipinski definition) is 0. The van der Waals surface area contributed by atoms with E-state index in [4.69, 9.17) is 0 Å². The summed E-state index contributed by atoms with van der Waals surface area (Å²) in [6.07, 6.45) is 2.81. The zero-order valence-electron chi connectivity index (χ0n) is 8.63. The van der Waals surface area contributed by atoms with E-state index in [1.165, 1.54) is 17.3 Å². The molecule has 1 aromatic rings. The van der Waals surface area contributed by atoms with Gasteiger partial charge in [-0.25, -0.2) is 4.39 Å². The highest BCUT2D eigenvalue weighted by Gasteiger charge is 2.16. The Morgan fingerprint density at radius 3 is 2.88 bits per heavy atom. The van der Waals surface area contributed by atoms with Gasteiger partial charge in [0.2, 0.25) is 0 Å². The minimum Gasteiger partial charge on any atom is -0.344 e. The maximum Gasteiger partial charge on any atom is 0.293 e. The Morgan fingerprint density at radius 1 is 1.62 bits per heavy atom. The van der Waals surface area contributed by atoms with Crippen LogP contribution < -0.4 is 4.90 Å². The molecule has 0 saturated heterocycles. The standard InChI is InChI=1S/C10H10FN3O2/c1-12-5-6-13(2)10-7-8(11)3-4-9(10)14(15)16/h3-7H,1H2,2H3/b6-5-. The molecule has 5 nitrogen and oxygen atoms in total. The fraction of sp³-hybridized carbons (Fsp3) is 0.100. The van der Waals surface area contributed by atoms with Gasteiger partial charge in [0.25, 0.3) is 5.69 Å². The minimum atomic E-state index is -0.569. The Kier molecular flexibility index (Phi) is 3.71. The molecule has 0 aliphatic rings. The van der Waals surface area contributed by atoms with Crippen LogP contribution in [0.25, 0.3) is 0 Å². The molecule has 0 fully saturated rings. The second-order valence-corrected chi connectivity index (χ2v) is 2.98. The van der Waals surface area contributed by atoms with Gasteiger partial charge in [0.05, 0.1) is 4.92 Å². The molecule has 0 aliphatic heterocycles. The molecule has 16 heavy (non-hydrogen) atoms. The van der Waals surface area contributed by atoms with Gasteiger partial charge in [-0.1, -0.05) is 0 Å². The van der Waals surface area contributed by atoms with Crippen LogP contribution in [-0.4, -0.2) is 18.7 Å². The van der Waals surface area contributed by atoms with Gasteiger partial charge < -0.3 is 4.90 Å². The molecule has 6 heteroatoms. The highest BCUT2D eigenvalue weighted by Crippen LogP contribution is 2.28. The van der Waals surface area contributed by atoms with Crippen LogP contribution in [0.15, 0.2) is 35.6 Å². The van der Waals surface area contributed by atoms with Crippen LogP contribution in [0.4, 0.5) is 15.8 Å². The Bertz CT molecular complexity index is 446. The Hall–Kier alpha value is -2.24. The molecule has 0 saturated carbocycles. The Labute approximate surface area is 91.7 Å². The van der Waals surface area contributed by atoms with Crippen molar-refractivity contribution in [1.82, 2.24) is 0 Å². The van der Waals surface area contributed by atoms with Gasteiger partial charge in [-0.15, -0.1) is 0 Å². The monoisotopic (exact) mass is 223 g/mol. The highest BCUT2D eigenvalue weighted by atomic mass is 19.1. The van der Waals surface area contributed by atoms with Crippen LogP contribution in [0.5, 0.6) is 0 Å². The van der Waals surface area contributed by atoms with Crippen LogP contribution >= 0.6 is 0 Å². The van der Waals surface area contributed by atoms with E-state index >= 15 is 0 Å². The van der Waals surface area contributed by atoms with Crippen molar-refractivity contribution in [3.8, 4) is 0 Å². The fourth-order valence-electron chi connectivity index (χ4n) is 1.16. The fourth-order valence-corrected chi connectivity index (χ4v) is 1.16. The van der Waals surface area contributed by atoms with Crippen molar-refractivity contribution < 1.29 is 9.31 Å². The normalized spacial score (nSPS) is 10.4. The summed E-state index contributed by atoms with van der Waals surface area (Å²) in [6, 6.07) is 3.26. The predicted molar refractivity (Wildman–Crippen MR) is 60.1 cm³/mol. The number of rotatable bonds is 4. The lowest BCUT2D eigenvalue weighted by Crippen LogP contribution is -2.10. The van der Waals surface area contributed by atoms with Gasteiger partial charge in [0.15, 0.2) is 0 Å². The van der Waals surface area contributed by atoms with E-state index in [1.54, 1.807) is 7.05 Å². The molecule has 0 aromatic heterocycles. The lowest BCUT2D eigenvalue weighted by Gasteiger charge is -2.13. The third-order valence-electron chi connectivity index (χ3n) is 1.91. The van der Waals surface area contributed by atoms with E-state index in [1.807, 2.05) is 0 Å². The van der Waals surface area contributed by atoms with Gasteiger partial charge in [0.1, 0.15) is 11.5 Å². The van der Waals surface area contributed by atoms with Crippen molar-refractivity contribution in [2.24, 2.45) is 4.99 Å². The Morgan fingerprint density at radius 2 is 2.31 bits per heavy atom. The van der Waals surface area contributed by atoms with Crippen LogP contribution in [-0.2, 0) is 0 Å². The molecule has 0 spiro atoms. The molecule has 84 valence electrons. The smallest absolute Gasteiger partial charge is 0.293 e. The SMILES string of the molecule is C=N/C=C\N(C)c1cc(F)ccc1[N+](=O)[O-]. The van der Waals surface area contributed by atoms with Crippen molar-refractivity contribution in [2.45, 2.75) is 0 Å². The topological polar surface area (TPSA) is 58.7 Å². The average Bonchev–Trinajstić information content (AvgIpc) is 2.25. The molecular weight excluding hydrogens is 213 g/mol. The number of halogens is 1. The van der Waals surface area contributed by atoms with Gasteiger partial charge in [-0.05, 0) is 12.8 Å². The molecule has 0 heterocycles. The molecule has 0 N–H and O–H groups in total. The molecule has 1 rings (SSSR count). The first kappa shape index (κ1) is 11.8. The van der Waals surface area contributed by atoms with Crippen molar-refractivity contribution in [2.75, 3.05) is 11.9 Å². The lowest BCUT2D eigenvalue weighted by atomic mass is 10.2. The van der Waals surface area contributed by atoms with Gasteiger partial charge in [-0.2, -0.15) is 0 Å². The van der Waals surface area contributed by atoms with E-state index < -0.39 is 10.7 Å². The quantitative estimate of drug-likeness (QED) is 0.447. The number of hydrogen-bond acceptors (Lipinski definition) is 4. The van der Waals surface area contributed by atoms with Crippen LogP contribution in [0.3, 0.4) is 0 Å². The van der Waals surface area contributed by atoms with Crippen molar-refractivity contribution in [3.63, 3.8) is 0 Å². The molecule has 0 radical (unpaired) electrons. The van der Waals surface area contributed by atoms with Gasteiger partial charge >= 0.3 is 0 Å². The maximum atomic E-state index is 13.0.